The van der Waals surface area contributed by atoms with E-state index in [1.807, 2.05) is 54.6 Å². The Morgan fingerprint density at radius 2 is 1.72 bits per heavy atom. The van der Waals surface area contributed by atoms with Gasteiger partial charge in [0, 0.05) is 10.3 Å². The summed E-state index contributed by atoms with van der Waals surface area (Å²) in [5.74, 6) is 0.364. The Bertz CT molecular complexity index is 1250. The van der Waals surface area contributed by atoms with Gasteiger partial charge in [0.15, 0.2) is 5.84 Å². The molecule has 0 fully saturated rings. The normalized spacial score (nSPS) is 15.3. The van der Waals surface area contributed by atoms with Crippen molar-refractivity contribution in [3.63, 3.8) is 0 Å². The Morgan fingerprint density at radius 1 is 0.960 bits per heavy atom. The van der Waals surface area contributed by atoms with Crippen LogP contribution in [0.1, 0.15) is 4.88 Å². The van der Waals surface area contributed by atoms with Crippen molar-refractivity contribution >= 4 is 38.1 Å². The van der Waals surface area contributed by atoms with Gasteiger partial charge in [0.25, 0.3) is 10.0 Å². The molecule has 2 aromatic carbocycles. The summed E-state index contributed by atoms with van der Waals surface area (Å²) >= 11 is 1.42. The second-order valence-corrected chi connectivity index (χ2v) is 8.30. The first-order chi connectivity index (χ1) is 12.1. The van der Waals surface area contributed by atoms with Crippen LogP contribution in [0.15, 0.2) is 76.2 Å². The van der Waals surface area contributed by atoms with Gasteiger partial charge in [-0.1, -0.05) is 48.5 Å². The van der Waals surface area contributed by atoms with Crippen LogP contribution < -0.4 is 0 Å². The highest BCUT2D eigenvalue weighted by atomic mass is 32.2. The molecular weight excluding hydrogens is 354 g/mol. The first-order valence-electron chi connectivity index (χ1n) is 7.61. The van der Waals surface area contributed by atoms with E-state index in [1.54, 1.807) is 16.9 Å². The summed E-state index contributed by atoms with van der Waals surface area (Å²) in [6.07, 6.45) is 1.72. The lowest BCUT2D eigenvalue weighted by Gasteiger charge is -2.02. The monoisotopic (exact) mass is 365 g/mol. The molecule has 0 saturated carbocycles. The summed E-state index contributed by atoms with van der Waals surface area (Å²) < 4.78 is 30.6. The Balaban J connectivity index is 1.74. The standard InChI is InChI=1S/C18H11N3O2S2/c22-25(23)16-10-15(12-6-2-1-3-7-12)24-17(16)18(20-25)21-14-9-5-4-8-13(14)11-19-21/h1-11H. The van der Waals surface area contributed by atoms with Crippen LogP contribution in [-0.4, -0.2) is 24.0 Å². The smallest absolute Gasteiger partial charge is 0.212 e. The van der Waals surface area contributed by atoms with Gasteiger partial charge >= 0.3 is 0 Å². The molecule has 0 radical (unpaired) electrons. The number of hydrogen-bond acceptors (Lipinski definition) is 4. The van der Waals surface area contributed by atoms with Crippen LogP contribution >= 0.6 is 11.3 Å². The van der Waals surface area contributed by atoms with Crippen molar-refractivity contribution in [2.24, 2.45) is 4.40 Å². The fourth-order valence-electron chi connectivity index (χ4n) is 2.95. The first kappa shape index (κ1) is 14.6. The van der Waals surface area contributed by atoms with E-state index >= 15 is 0 Å². The van der Waals surface area contributed by atoms with E-state index in [-0.39, 0.29) is 4.90 Å². The molecule has 0 atom stereocenters. The van der Waals surface area contributed by atoms with Gasteiger partial charge in [0.2, 0.25) is 0 Å². The molecule has 5 nitrogen and oxygen atoms in total. The van der Waals surface area contributed by atoms with Crippen LogP contribution in [0, 0.1) is 0 Å². The van der Waals surface area contributed by atoms with Gasteiger partial charge in [-0.25, -0.2) is 4.68 Å². The summed E-state index contributed by atoms with van der Waals surface area (Å²) in [5.41, 5.74) is 1.82. The molecular formula is C18H11N3O2S2. The summed E-state index contributed by atoms with van der Waals surface area (Å²) in [5, 5.41) is 5.29. The number of sulfonamides is 1. The summed E-state index contributed by atoms with van der Waals surface area (Å²) in [4.78, 5) is 1.79. The van der Waals surface area contributed by atoms with Gasteiger partial charge in [0.1, 0.15) is 4.90 Å². The van der Waals surface area contributed by atoms with Gasteiger partial charge in [-0.2, -0.15) is 13.5 Å². The number of thiophene rings is 1. The van der Waals surface area contributed by atoms with E-state index in [9.17, 15) is 8.42 Å². The van der Waals surface area contributed by atoms with Crippen LogP contribution in [-0.2, 0) is 10.0 Å². The zero-order valence-electron chi connectivity index (χ0n) is 12.8. The molecule has 0 spiro atoms. The summed E-state index contributed by atoms with van der Waals surface area (Å²) in [6, 6.07) is 19.1. The number of benzene rings is 2. The molecule has 122 valence electrons. The minimum absolute atomic E-state index is 0.255. The number of para-hydroxylation sites is 1. The average Bonchev–Trinajstić information content (AvgIpc) is 3.30. The Labute approximate surface area is 147 Å². The molecule has 5 rings (SSSR count). The Kier molecular flexibility index (Phi) is 2.98. The van der Waals surface area contributed by atoms with Gasteiger partial charge < -0.3 is 0 Å². The van der Waals surface area contributed by atoms with Crippen molar-refractivity contribution in [3.8, 4) is 10.4 Å². The molecule has 0 unspecified atom stereocenters. The second-order valence-electron chi connectivity index (χ2n) is 5.68. The third-order valence-corrected chi connectivity index (χ3v) is 6.72. The third-order valence-electron chi connectivity index (χ3n) is 4.12. The van der Waals surface area contributed by atoms with Gasteiger partial charge in [-0.3, -0.25) is 0 Å². The number of nitrogens with zero attached hydrogens (tertiary/aromatic N) is 3. The summed E-state index contributed by atoms with van der Waals surface area (Å²) in [6.45, 7) is 0. The molecule has 0 amide bonds. The van der Waals surface area contributed by atoms with Crippen molar-refractivity contribution in [2.75, 3.05) is 0 Å². The number of hydrogen-bond donors (Lipinski definition) is 0. The maximum Gasteiger partial charge on any atom is 0.285 e. The molecule has 1 aliphatic rings. The lowest BCUT2D eigenvalue weighted by molar-refractivity contribution is 0.599. The predicted molar refractivity (Wildman–Crippen MR) is 98.6 cm³/mol. The molecule has 3 heterocycles. The van der Waals surface area contributed by atoms with E-state index in [0.29, 0.717) is 10.7 Å². The van der Waals surface area contributed by atoms with Gasteiger partial charge in [0.05, 0.1) is 16.6 Å². The molecule has 1 aliphatic heterocycles. The van der Waals surface area contributed by atoms with Crippen molar-refractivity contribution in [1.82, 2.24) is 9.78 Å². The molecule has 0 N–H and O–H groups in total. The van der Waals surface area contributed by atoms with Crippen LogP contribution in [0.3, 0.4) is 0 Å². The zero-order chi connectivity index (χ0) is 17.0. The highest BCUT2D eigenvalue weighted by Crippen LogP contribution is 2.39. The van der Waals surface area contributed by atoms with Gasteiger partial charge in [-0.05, 0) is 17.7 Å². The second kappa shape index (κ2) is 5.11. The fraction of sp³-hybridized carbons (Fsp3) is 0. The molecule has 7 heteroatoms. The molecule has 25 heavy (non-hydrogen) atoms. The molecule has 2 aromatic heterocycles. The molecule has 0 aliphatic carbocycles. The average molecular weight is 365 g/mol. The minimum atomic E-state index is -3.70. The van der Waals surface area contributed by atoms with Crippen molar-refractivity contribution < 1.29 is 8.42 Å². The largest absolute Gasteiger partial charge is 0.285 e. The van der Waals surface area contributed by atoms with E-state index in [0.717, 1.165) is 21.3 Å². The van der Waals surface area contributed by atoms with E-state index in [1.165, 1.54) is 11.3 Å². The predicted octanol–water partition coefficient (Wildman–Crippen LogP) is 3.76. The third kappa shape index (κ3) is 2.16. The maximum absolute atomic E-state index is 12.5. The van der Waals surface area contributed by atoms with E-state index in [4.69, 9.17) is 0 Å². The molecule has 4 aromatic rings. The quantitative estimate of drug-likeness (QED) is 0.516. The number of rotatable bonds is 1. The number of fused-ring (bicyclic) bond motifs is 2. The Hall–Kier alpha value is -2.77. The maximum atomic E-state index is 12.5. The van der Waals surface area contributed by atoms with E-state index in [2.05, 4.69) is 9.50 Å². The van der Waals surface area contributed by atoms with Crippen LogP contribution in [0.5, 0.6) is 0 Å². The van der Waals surface area contributed by atoms with Crippen LogP contribution in [0.25, 0.3) is 21.3 Å². The topological polar surface area (TPSA) is 64.3 Å². The van der Waals surface area contributed by atoms with Crippen molar-refractivity contribution in [1.29, 1.82) is 0 Å². The van der Waals surface area contributed by atoms with E-state index < -0.39 is 10.0 Å². The highest BCUT2D eigenvalue weighted by Gasteiger charge is 2.34. The summed E-state index contributed by atoms with van der Waals surface area (Å²) in [7, 11) is -3.70. The van der Waals surface area contributed by atoms with Crippen LogP contribution in [0.4, 0.5) is 0 Å². The molecule has 0 bridgehead atoms. The fourth-order valence-corrected chi connectivity index (χ4v) is 5.64. The highest BCUT2D eigenvalue weighted by molar-refractivity contribution is 7.91. The first-order valence-corrected chi connectivity index (χ1v) is 9.87. The number of aromatic nitrogens is 2. The zero-order valence-corrected chi connectivity index (χ0v) is 14.5. The SMILES string of the molecule is O=S1(=O)N=C(n2ncc3ccccc32)c2sc(-c3ccccc3)cc21. The van der Waals surface area contributed by atoms with Crippen molar-refractivity contribution in [2.45, 2.75) is 4.90 Å². The minimum Gasteiger partial charge on any atom is -0.212 e. The van der Waals surface area contributed by atoms with Crippen molar-refractivity contribution in [3.05, 3.63) is 71.7 Å². The Morgan fingerprint density at radius 3 is 2.56 bits per heavy atom. The molecule has 0 saturated heterocycles. The van der Waals surface area contributed by atoms with Crippen LogP contribution in [0.2, 0.25) is 0 Å². The lowest BCUT2D eigenvalue weighted by atomic mass is 10.2. The lowest BCUT2D eigenvalue weighted by Crippen LogP contribution is -2.11. The van der Waals surface area contributed by atoms with Gasteiger partial charge in [-0.15, -0.1) is 15.7 Å².